The fourth-order valence-corrected chi connectivity index (χ4v) is 2.63. The van der Waals surface area contributed by atoms with Gasteiger partial charge in [0, 0.05) is 24.8 Å². The van der Waals surface area contributed by atoms with Crippen molar-refractivity contribution in [2.45, 2.75) is 33.9 Å². The van der Waals surface area contributed by atoms with Crippen LogP contribution in [0.4, 0.5) is 4.39 Å². The highest BCUT2D eigenvalue weighted by Crippen LogP contribution is 2.19. The second-order valence-electron chi connectivity index (χ2n) is 5.62. The molecule has 0 bridgehead atoms. The molecule has 0 amide bonds. The Morgan fingerprint density at radius 3 is 2.35 bits per heavy atom. The summed E-state index contributed by atoms with van der Waals surface area (Å²) in [6.45, 7) is 8.56. The average Bonchev–Trinajstić information content (AvgIpc) is 2.54. The summed E-state index contributed by atoms with van der Waals surface area (Å²) in [5.41, 5.74) is 1.93. The number of aromatic hydroxyl groups is 1. The first-order valence-corrected chi connectivity index (χ1v) is 7.85. The minimum Gasteiger partial charge on any atom is -0.503 e. The molecule has 5 heteroatoms. The van der Waals surface area contributed by atoms with Crippen LogP contribution in [0.5, 0.6) is 5.75 Å². The minimum atomic E-state index is -0.361. The summed E-state index contributed by atoms with van der Waals surface area (Å²) in [4.78, 5) is 14.1. The summed E-state index contributed by atoms with van der Waals surface area (Å²) in [7, 11) is 0. The smallest absolute Gasteiger partial charge is 0.223 e. The zero-order valence-electron chi connectivity index (χ0n) is 13.8. The molecule has 124 valence electrons. The number of nitrogens with zero attached hydrogens (tertiary/aromatic N) is 2. The van der Waals surface area contributed by atoms with Gasteiger partial charge >= 0.3 is 0 Å². The van der Waals surface area contributed by atoms with E-state index in [4.69, 9.17) is 0 Å². The fourth-order valence-electron chi connectivity index (χ4n) is 2.63. The maximum atomic E-state index is 13.1. The second-order valence-corrected chi connectivity index (χ2v) is 5.62. The zero-order chi connectivity index (χ0) is 17.0. The summed E-state index contributed by atoms with van der Waals surface area (Å²) in [6.07, 6.45) is 0. The van der Waals surface area contributed by atoms with Gasteiger partial charge in [-0.3, -0.25) is 9.69 Å². The summed E-state index contributed by atoms with van der Waals surface area (Å²) < 4.78 is 15.0. The maximum absolute atomic E-state index is 13.1. The Morgan fingerprint density at radius 1 is 1.17 bits per heavy atom. The third kappa shape index (κ3) is 3.99. The quantitative estimate of drug-likeness (QED) is 0.891. The molecule has 1 N–H and O–H groups in total. The molecule has 0 aliphatic carbocycles. The SMILES string of the molecule is CCN(CC)Cc1c(O)c(=O)cc(C)n1Cc1ccc(F)cc1. The van der Waals surface area contributed by atoms with Crippen molar-refractivity contribution in [2.24, 2.45) is 0 Å². The summed E-state index contributed by atoms with van der Waals surface area (Å²) in [5, 5.41) is 10.2. The van der Waals surface area contributed by atoms with E-state index in [1.807, 2.05) is 25.3 Å². The van der Waals surface area contributed by atoms with Gasteiger partial charge in [-0.05, 0) is 37.7 Å². The molecule has 2 aromatic rings. The highest BCUT2D eigenvalue weighted by molar-refractivity contribution is 5.31. The molecule has 0 aliphatic rings. The molecular weight excluding hydrogens is 295 g/mol. The van der Waals surface area contributed by atoms with Gasteiger partial charge in [0.25, 0.3) is 0 Å². The Balaban J connectivity index is 2.46. The van der Waals surface area contributed by atoms with Crippen LogP contribution in [-0.2, 0) is 13.1 Å². The number of pyridine rings is 1. The Kier molecular flexibility index (Phi) is 5.55. The average molecular weight is 318 g/mol. The first-order chi connectivity index (χ1) is 11.0. The van der Waals surface area contributed by atoms with E-state index in [1.54, 1.807) is 12.1 Å². The minimum absolute atomic E-state index is 0.204. The molecule has 0 fully saturated rings. The van der Waals surface area contributed by atoms with Crippen molar-refractivity contribution >= 4 is 0 Å². The summed E-state index contributed by atoms with van der Waals surface area (Å²) in [6, 6.07) is 7.69. The van der Waals surface area contributed by atoms with Gasteiger partial charge in [-0.2, -0.15) is 0 Å². The number of benzene rings is 1. The van der Waals surface area contributed by atoms with Crippen LogP contribution in [0.1, 0.15) is 30.8 Å². The first-order valence-electron chi connectivity index (χ1n) is 7.85. The Bertz CT molecular complexity index is 719. The predicted molar refractivity (Wildman–Crippen MR) is 89.2 cm³/mol. The molecule has 2 rings (SSSR count). The molecule has 1 aromatic heterocycles. The third-order valence-corrected chi connectivity index (χ3v) is 4.12. The van der Waals surface area contributed by atoms with Crippen LogP contribution >= 0.6 is 0 Å². The highest BCUT2D eigenvalue weighted by atomic mass is 19.1. The van der Waals surface area contributed by atoms with Gasteiger partial charge in [-0.15, -0.1) is 0 Å². The number of hydrogen-bond acceptors (Lipinski definition) is 3. The van der Waals surface area contributed by atoms with Gasteiger partial charge in [0.15, 0.2) is 5.75 Å². The molecule has 0 spiro atoms. The van der Waals surface area contributed by atoms with Crippen LogP contribution in [0.2, 0.25) is 0 Å². The topological polar surface area (TPSA) is 45.5 Å². The van der Waals surface area contributed by atoms with E-state index in [0.717, 1.165) is 24.3 Å². The van der Waals surface area contributed by atoms with Crippen molar-refractivity contribution in [3.8, 4) is 5.75 Å². The monoisotopic (exact) mass is 318 g/mol. The van der Waals surface area contributed by atoms with Crippen molar-refractivity contribution < 1.29 is 9.50 Å². The molecule has 1 aromatic carbocycles. The molecule has 23 heavy (non-hydrogen) atoms. The van der Waals surface area contributed by atoms with Gasteiger partial charge < -0.3 is 9.67 Å². The molecule has 0 atom stereocenters. The predicted octanol–water partition coefficient (Wildman–Crippen LogP) is 2.89. The van der Waals surface area contributed by atoms with Gasteiger partial charge in [0.2, 0.25) is 5.43 Å². The highest BCUT2D eigenvalue weighted by Gasteiger charge is 2.15. The largest absolute Gasteiger partial charge is 0.503 e. The third-order valence-electron chi connectivity index (χ3n) is 4.12. The first kappa shape index (κ1) is 17.2. The summed E-state index contributed by atoms with van der Waals surface area (Å²) >= 11 is 0. The number of aryl methyl sites for hydroxylation is 1. The van der Waals surface area contributed by atoms with Crippen molar-refractivity contribution in [2.75, 3.05) is 13.1 Å². The van der Waals surface area contributed by atoms with E-state index in [1.165, 1.54) is 18.2 Å². The molecule has 0 saturated heterocycles. The van der Waals surface area contributed by atoms with Crippen LogP contribution in [0.3, 0.4) is 0 Å². The molecule has 0 unspecified atom stereocenters. The van der Waals surface area contributed by atoms with E-state index >= 15 is 0 Å². The van der Waals surface area contributed by atoms with E-state index in [-0.39, 0.29) is 17.0 Å². The molecule has 1 heterocycles. The number of halogens is 1. The summed E-state index contributed by atoms with van der Waals surface area (Å²) in [5.74, 6) is -0.485. The Hall–Kier alpha value is -2.14. The van der Waals surface area contributed by atoms with E-state index in [0.29, 0.717) is 18.8 Å². The van der Waals surface area contributed by atoms with Crippen molar-refractivity contribution in [3.05, 3.63) is 63.3 Å². The fraction of sp³-hybridized carbons (Fsp3) is 0.389. The Morgan fingerprint density at radius 2 is 1.78 bits per heavy atom. The molecule has 0 saturated carbocycles. The number of aromatic nitrogens is 1. The van der Waals surface area contributed by atoms with E-state index in [9.17, 15) is 14.3 Å². The molecular formula is C18H23FN2O2. The Labute approximate surface area is 135 Å². The van der Waals surface area contributed by atoms with Crippen LogP contribution in [0, 0.1) is 12.7 Å². The number of hydrogen-bond donors (Lipinski definition) is 1. The second kappa shape index (κ2) is 7.42. The van der Waals surface area contributed by atoms with Gasteiger partial charge in [0.1, 0.15) is 5.82 Å². The van der Waals surface area contributed by atoms with Gasteiger partial charge in [-0.1, -0.05) is 26.0 Å². The maximum Gasteiger partial charge on any atom is 0.223 e. The lowest BCUT2D eigenvalue weighted by molar-refractivity contribution is 0.280. The molecule has 4 nitrogen and oxygen atoms in total. The molecule has 0 aliphatic heterocycles. The van der Waals surface area contributed by atoms with Crippen molar-refractivity contribution in [1.29, 1.82) is 0 Å². The lowest BCUT2D eigenvalue weighted by Gasteiger charge is -2.23. The van der Waals surface area contributed by atoms with Crippen LogP contribution in [0.15, 0.2) is 35.1 Å². The van der Waals surface area contributed by atoms with Gasteiger partial charge in [-0.25, -0.2) is 4.39 Å². The lowest BCUT2D eigenvalue weighted by Crippen LogP contribution is -2.27. The van der Waals surface area contributed by atoms with Gasteiger partial charge in [0.05, 0.1) is 5.69 Å². The zero-order valence-corrected chi connectivity index (χ0v) is 13.8. The van der Waals surface area contributed by atoms with Crippen LogP contribution in [0.25, 0.3) is 0 Å². The van der Waals surface area contributed by atoms with E-state index < -0.39 is 0 Å². The standard InChI is InChI=1S/C18H23FN2O2/c1-4-20(5-2)12-16-18(23)17(22)10-13(3)21(16)11-14-6-8-15(19)9-7-14/h6-10,23H,4-5,11-12H2,1-3H3. The van der Waals surface area contributed by atoms with Crippen LogP contribution < -0.4 is 5.43 Å². The van der Waals surface area contributed by atoms with E-state index in [2.05, 4.69) is 4.90 Å². The molecule has 0 radical (unpaired) electrons. The normalized spacial score (nSPS) is 11.2. The van der Waals surface area contributed by atoms with Crippen molar-refractivity contribution in [1.82, 2.24) is 9.47 Å². The number of rotatable bonds is 6. The lowest BCUT2D eigenvalue weighted by atomic mass is 10.1. The van der Waals surface area contributed by atoms with Crippen LogP contribution in [-0.4, -0.2) is 27.7 Å². The van der Waals surface area contributed by atoms with Crippen molar-refractivity contribution in [3.63, 3.8) is 0 Å².